The molecule has 1 heterocycles. The molecule has 5 heteroatoms. The molecule has 2 N–H and O–H groups in total. The molecule has 19 heavy (non-hydrogen) atoms. The van der Waals surface area contributed by atoms with Crippen molar-refractivity contribution in [2.24, 2.45) is 0 Å². The molecule has 4 nitrogen and oxygen atoms in total. The highest BCUT2D eigenvalue weighted by molar-refractivity contribution is 5.92. The quantitative estimate of drug-likeness (QED) is 0.796. The maximum atomic E-state index is 13.0. The summed E-state index contributed by atoms with van der Waals surface area (Å²) in [6.07, 6.45) is 2.98. The molecule has 2 rings (SSSR count). The number of rotatable bonds is 4. The first kappa shape index (κ1) is 13.7. The van der Waals surface area contributed by atoms with Crippen molar-refractivity contribution in [1.82, 2.24) is 10.6 Å². The van der Waals surface area contributed by atoms with E-state index < -0.39 is 0 Å². The molecule has 0 aromatic heterocycles. The molecule has 1 fully saturated rings. The van der Waals surface area contributed by atoms with Crippen LogP contribution < -0.4 is 10.6 Å². The van der Waals surface area contributed by atoms with Gasteiger partial charge in [0.05, 0.1) is 12.1 Å². The summed E-state index contributed by atoms with van der Waals surface area (Å²) in [4.78, 5) is 11.7. The number of halogens is 1. The Morgan fingerprint density at radius 1 is 1.53 bits per heavy atom. The van der Waals surface area contributed by atoms with Gasteiger partial charge in [-0.2, -0.15) is 0 Å². The van der Waals surface area contributed by atoms with Crippen LogP contribution in [0, 0.1) is 5.82 Å². The summed E-state index contributed by atoms with van der Waals surface area (Å²) in [5, 5.41) is 6.00. The Hall–Kier alpha value is -1.72. The summed E-state index contributed by atoms with van der Waals surface area (Å²) in [6, 6.07) is 6.05. The summed E-state index contributed by atoms with van der Waals surface area (Å²) >= 11 is 0. The second-order valence-electron chi connectivity index (χ2n) is 4.44. The summed E-state index contributed by atoms with van der Waals surface area (Å²) in [5.41, 5.74) is 0.656. The van der Waals surface area contributed by atoms with Crippen molar-refractivity contribution in [3.8, 4) is 0 Å². The topological polar surface area (TPSA) is 50.4 Å². The van der Waals surface area contributed by atoms with Crippen molar-refractivity contribution in [2.45, 2.75) is 12.1 Å². The highest BCUT2D eigenvalue weighted by Crippen LogP contribution is 2.06. The Labute approximate surface area is 111 Å². The van der Waals surface area contributed by atoms with Gasteiger partial charge in [0, 0.05) is 26.3 Å². The maximum absolute atomic E-state index is 13.0. The number of nitrogens with one attached hydrogen (secondary N) is 2. The second-order valence-corrected chi connectivity index (χ2v) is 4.44. The van der Waals surface area contributed by atoms with Gasteiger partial charge < -0.3 is 15.4 Å². The van der Waals surface area contributed by atoms with Crippen molar-refractivity contribution in [2.75, 3.05) is 20.2 Å². The molecule has 0 spiro atoms. The van der Waals surface area contributed by atoms with Crippen molar-refractivity contribution >= 4 is 12.0 Å². The van der Waals surface area contributed by atoms with Crippen LogP contribution in [0.3, 0.4) is 0 Å². The third-order valence-electron chi connectivity index (χ3n) is 3.06. The van der Waals surface area contributed by atoms with E-state index in [2.05, 4.69) is 10.6 Å². The van der Waals surface area contributed by atoms with E-state index in [-0.39, 0.29) is 23.9 Å². The molecule has 102 valence electrons. The highest BCUT2D eigenvalue weighted by atomic mass is 19.1. The van der Waals surface area contributed by atoms with Gasteiger partial charge in [-0.25, -0.2) is 4.39 Å². The molecule has 1 saturated heterocycles. The van der Waals surface area contributed by atoms with E-state index in [1.807, 2.05) is 0 Å². The number of hydrogen-bond acceptors (Lipinski definition) is 3. The molecule has 0 aliphatic carbocycles. The normalized spacial score (nSPS) is 22.8. The van der Waals surface area contributed by atoms with Gasteiger partial charge in [0.2, 0.25) is 5.91 Å². The van der Waals surface area contributed by atoms with Crippen LogP contribution in [-0.2, 0) is 9.53 Å². The first-order valence-corrected chi connectivity index (χ1v) is 6.16. The predicted molar refractivity (Wildman–Crippen MR) is 71.0 cm³/mol. The Bertz CT molecular complexity index is 476. The molecule has 0 bridgehead atoms. The van der Waals surface area contributed by atoms with E-state index in [1.54, 1.807) is 25.3 Å². The minimum atomic E-state index is -0.318. The van der Waals surface area contributed by atoms with Crippen molar-refractivity contribution < 1.29 is 13.9 Å². The second kappa shape index (κ2) is 6.45. The molecule has 0 radical (unpaired) electrons. The lowest BCUT2D eigenvalue weighted by molar-refractivity contribution is -0.117. The van der Waals surface area contributed by atoms with Crippen molar-refractivity contribution in [3.05, 3.63) is 41.7 Å². The summed E-state index contributed by atoms with van der Waals surface area (Å²) < 4.78 is 18.2. The van der Waals surface area contributed by atoms with Crippen molar-refractivity contribution in [1.29, 1.82) is 0 Å². The number of amides is 1. The van der Waals surface area contributed by atoms with Gasteiger partial charge >= 0.3 is 0 Å². The van der Waals surface area contributed by atoms with Crippen LogP contribution in [-0.4, -0.2) is 38.3 Å². The number of methoxy groups -OCH3 is 1. The lowest BCUT2D eigenvalue weighted by Gasteiger charge is -2.17. The van der Waals surface area contributed by atoms with Gasteiger partial charge in [-0.05, 0) is 23.8 Å². The predicted octanol–water partition coefficient (Wildman–Crippen LogP) is 0.942. The van der Waals surface area contributed by atoms with Gasteiger partial charge in [0.25, 0.3) is 0 Å². The van der Waals surface area contributed by atoms with Gasteiger partial charge in [0.15, 0.2) is 0 Å². The zero-order chi connectivity index (χ0) is 13.7. The Morgan fingerprint density at radius 2 is 2.37 bits per heavy atom. The van der Waals surface area contributed by atoms with Crippen LogP contribution in [0.25, 0.3) is 6.08 Å². The Morgan fingerprint density at radius 3 is 3.11 bits per heavy atom. The number of ether oxygens (including phenoxy) is 1. The molecule has 1 amide bonds. The monoisotopic (exact) mass is 264 g/mol. The molecule has 0 saturated carbocycles. The SMILES string of the molecule is COC1CNCC1NC(=O)C=Cc1cccc(F)c1. The summed E-state index contributed by atoms with van der Waals surface area (Å²) in [7, 11) is 1.62. The summed E-state index contributed by atoms with van der Waals surface area (Å²) in [5.74, 6) is -0.526. The van der Waals surface area contributed by atoms with E-state index in [4.69, 9.17) is 4.74 Å². The smallest absolute Gasteiger partial charge is 0.244 e. The number of benzene rings is 1. The Kier molecular flexibility index (Phi) is 4.65. The van der Waals surface area contributed by atoms with Gasteiger partial charge in [-0.1, -0.05) is 12.1 Å². The fourth-order valence-electron chi connectivity index (χ4n) is 2.06. The highest BCUT2D eigenvalue weighted by Gasteiger charge is 2.27. The van der Waals surface area contributed by atoms with Gasteiger partial charge in [-0.15, -0.1) is 0 Å². The molecule has 2 unspecified atom stereocenters. The lowest BCUT2D eigenvalue weighted by atomic mass is 10.2. The summed E-state index contributed by atoms with van der Waals surface area (Å²) in [6.45, 7) is 1.42. The van der Waals surface area contributed by atoms with E-state index in [9.17, 15) is 9.18 Å². The number of carbonyl (C=O) groups excluding carboxylic acids is 1. The number of carbonyl (C=O) groups is 1. The molecule has 1 aliphatic heterocycles. The molecule has 1 aromatic carbocycles. The van der Waals surface area contributed by atoms with Crippen LogP contribution >= 0.6 is 0 Å². The van der Waals surface area contributed by atoms with E-state index in [0.29, 0.717) is 12.1 Å². The lowest BCUT2D eigenvalue weighted by Crippen LogP contribution is -2.42. The average Bonchev–Trinajstić information content (AvgIpc) is 2.84. The molecule has 1 aromatic rings. The minimum Gasteiger partial charge on any atom is -0.378 e. The Balaban J connectivity index is 1.90. The third-order valence-corrected chi connectivity index (χ3v) is 3.06. The van der Waals surface area contributed by atoms with Gasteiger partial charge in [0.1, 0.15) is 5.82 Å². The van der Waals surface area contributed by atoms with Crippen LogP contribution in [0.5, 0.6) is 0 Å². The zero-order valence-electron chi connectivity index (χ0n) is 10.7. The van der Waals surface area contributed by atoms with Crippen molar-refractivity contribution in [3.63, 3.8) is 0 Å². The first-order chi connectivity index (χ1) is 9.19. The minimum absolute atomic E-state index is 0.00785. The van der Waals surface area contributed by atoms with Crippen LogP contribution in [0.2, 0.25) is 0 Å². The van der Waals surface area contributed by atoms with Crippen LogP contribution in [0.1, 0.15) is 5.56 Å². The molecular formula is C14H17FN2O2. The molecule has 2 atom stereocenters. The molecule has 1 aliphatic rings. The van der Waals surface area contributed by atoms with E-state index >= 15 is 0 Å². The fourth-order valence-corrected chi connectivity index (χ4v) is 2.06. The zero-order valence-corrected chi connectivity index (χ0v) is 10.7. The standard InChI is InChI=1S/C14H17FN2O2/c1-19-13-9-16-8-12(13)17-14(18)6-5-10-3-2-4-11(15)7-10/h2-7,12-13,16H,8-9H2,1H3,(H,17,18). The van der Waals surface area contributed by atoms with Crippen LogP contribution in [0.15, 0.2) is 30.3 Å². The van der Waals surface area contributed by atoms with E-state index in [0.717, 1.165) is 6.54 Å². The molecular weight excluding hydrogens is 247 g/mol. The largest absolute Gasteiger partial charge is 0.378 e. The van der Waals surface area contributed by atoms with Gasteiger partial charge in [-0.3, -0.25) is 4.79 Å². The number of hydrogen-bond donors (Lipinski definition) is 2. The maximum Gasteiger partial charge on any atom is 0.244 e. The third kappa shape index (κ3) is 3.87. The average molecular weight is 264 g/mol. The first-order valence-electron chi connectivity index (χ1n) is 6.16. The van der Waals surface area contributed by atoms with E-state index in [1.165, 1.54) is 18.2 Å². The fraction of sp³-hybridized carbons (Fsp3) is 0.357. The van der Waals surface area contributed by atoms with Crippen LogP contribution in [0.4, 0.5) is 4.39 Å².